The van der Waals surface area contributed by atoms with Gasteiger partial charge in [0.2, 0.25) is 0 Å². The summed E-state index contributed by atoms with van der Waals surface area (Å²) in [5.41, 5.74) is 1.01. The number of nitro groups is 1. The van der Waals surface area contributed by atoms with E-state index in [4.69, 9.17) is 0 Å². The second kappa shape index (κ2) is 5.91. The number of nitrogens with zero attached hydrogens (tertiary/aromatic N) is 1. The van der Waals surface area contributed by atoms with Gasteiger partial charge >= 0.3 is 6.18 Å². The molecule has 0 aliphatic heterocycles. The van der Waals surface area contributed by atoms with Gasteiger partial charge in [-0.25, -0.2) is 0 Å². The fourth-order valence-corrected chi connectivity index (χ4v) is 2.75. The Morgan fingerprint density at radius 1 is 1.33 bits per heavy atom. The highest BCUT2D eigenvalue weighted by Crippen LogP contribution is 2.38. The predicted octanol–water partition coefficient (Wildman–Crippen LogP) is 4.44. The molecule has 7 heteroatoms. The van der Waals surface area contributed by atoms with Crippen LogP contribution in [0.15, 0.2) is 18.2 Å². The van der Waals surface area contributed by atoms with Gasteiger partial charge in [0.25, 0.3) is 5.69 Å². The molecule has 0 aromatic heterocycles. The van der Waals surface area contributed by atoms with Crippen LogP contribution in [-0.4, -0.2) is 17.1 Å². The molecule has 1 N–H and O–H groups in total. The Morgan fingerprint density at radius 2 is 2.05 bits per heavy atom. The van der Waals surface area contributed by atoms with Gasteiger partial charge in [-0.15, -0.1) is 0 Å². The minimum Gasteiger partial charge on any atom is -0.382 e. The summed E-state index contributed by atoms with van der Waals surface area (Å²) in [5, 5.41) is 13.9. The van der Waals surface area contributed by atoms with Crippen LogP contribution in [-0.2, 0) is 0 Å². The molecule has 21 heavy (non-hydrogen) atoms. The van der Waals surface area contributed by atoms with Gasteiger partial charge in [-0.3, -0.25) is 10.1 Å². The number of hydrogen-bond donors (Lipinski definition) is 1. The smallest absolute Gasteiger partial charge is 0.382 e. The monoisotopic (exact) mass is 302 g/mol. The van der Waals surface area contributed by atoms with E-state index in [1.807, 2.05) is 0 Å². The number of rotatable bonds is 3. The fourth-order valence-electron chi connectivity index (χ4n) is 2.75. The third-order valence-electron chi connectivity index (χ3n) is 3.91. The Labute approximate surface area is 120 Å². The molecule has 1 fully saturated rings. The summed E-state index contributed by atoms with van der Waals surface area (Å²) in [6, 6.07) is 4.35. The lowest BCUT2D eigenvalue weighted by atomic mass is 9.85. The van der Waals surface area contributed by atoms with E-state index < -0.39 is 17.0 Å². The van der Waals surface area contributed by atoms with Gasteiger partial charge in [0.15, 0.2) is 0 Å². The number of benzene rings is 1. The van der Waals surface area contributed by atoms with Crippen LogP contribution < -0.4 is 5.32 Å². The Hall–Kier alpha value is -1.79. The normalized spacial score (nSPS) is 22.9. The van der Waals surface area contributed by atoms with Crippen molar-refractivity contribution in [2.45, 2.75) is 44.8 Å². The Balaban J connectivity index is 2.08. The molecular weight excluding hydrogens is 285 g/mol. The van der Waals surface area contributed by atoms with Crippen molar-refractivity contribution in [3.63, 3.8) is 0 Å². The molecule has 2 rings (SSSR count). The molecule has 116 valence electrons. The molecular formula is C14H17F3N2O2. The highest BCUT2D eigenvalue weighted by atomic mass is 19.4. The topological polar surface area (TPSA) is 55.2 Å². The molecule has 0 saturated heterocycles. The first-order valence-electron chi connectivity index (χ1n) is 6.85. The average Bonchev–Trinajstić information content (AvgIpc) is 2.40. The summed E-state index contributed by atoms with van der Waals surface area (Å²) in [6.45, 7) is 1.63. The summed E-state index contributed by atoms with van der Waals surface area (Å²) in [6.07, 6.45) is -2.83. The second-order valence-electron chi connectivity index (χ2n) is 5.50. The van der Waals surface area contributed by atoms with Crippen LogP contribution in [0.5, 0.6) is 0 Å². The van der Waals surface area contributed by atoms with Gasteiger partial charge in [-0.05, 0) is 32.3 Å². The molecule has 1 saturated carbocycles. The quantitative estimate of drug-likeness (QED) is 0.663. The van der Waals surface area contributed by atoms with E-state index in [2.05, 4.69) is 5.32 Å². The number of nitrogens with one attached hydrogen (secondary N) is 1. The molecule has 2 unspecified atom stereocenters. The number of nitro benzene ring substituents is 1. The SMILES string of the molecule is Cc1ccc(NC2CCCC(C(F)(F)F)C2)cc1[N+](=O)[O-]. The third kappa shape index (κ3) is 3.86. The summed E-state index contributed by atoms with van der Waals surface area (Å²) in [7, 11) is 0. The lowest BCUT2D eigenvalue weighted by molar-refractivity contribution is -0.385. The van der Waals surface area contributed by atoms with Gasteiger partial charge in [-0.2, -0.15) is 13.2 Å². The molecule has 0 amide bonds. The molecule has 4 nitrogen and oxygen atoms in total. The molecule has 0 spiro atoms. The first kappa shape index (κ1) is 15.6. The molecule has 0 heterocycles. The van der Waals surface area contributed by atoms with Crippen molar-refractivity contribution in [3.05, 3.63) is 33.9 Å². The van der Waals surface area contributed by atoms with E-state index in [0.29, 0.717) is 24.1 Å². The third-order valence-corrected chi connectivity index (χ3v) is 3.91. The molecule has 2 atom stereocenters. The molecule has 1 aliphatic rings. The van der Waals surface area contributed by atoms with Crippen molar-refractivity contribution < 1.29 is 18.1 Å². The van der Waals surface area contributed by atoms with E-state index in [0.717, 1.165) is 0 Å². The van der Waals surface area contributed by atoms with Crippen LogP contribution in [0.2, 0.25) is 0 Å². The van der Waals surface area contributed by atoms with Gasteiger partial charge in [0.1, 0.15) is 0 Å². The van der Waals surface area contributed by atoms with Gasteiger partial charge < -0.3 is 5.32 Å². The highest BCUT2D eigenvalue weighted by molar-refractivity contribution is 5.55. The molecule has 1 aromatic carbocycles. The lowest BCUT2D eigenvalue weighted by Crippen LogP contribution is -2.34. The van der Waals surface area contributed by atoms with Gasteiger partial charge in [0.05, 0.1) is 10.8 Å². The van der Waals surface area contributed by atoms with E-state index in [9.17, 15) is 23.3 Å². The van der Waals surface area contributed by atoms with Crippen molar-refractivity contribution in [3.8, 4) is 0 Å². The van der Waals surface area contributed by atoms with Crippen molar-refractivity contribution in [2.24, 2.45) is 5.92 Å². The molecule has 1 aliphatic carbocycles. The maximum absolute atomic E-state index is 12.8. The highest BCUT2D eigenvalue weighted by Gasteiger charge is 2.42. The van der Waals surface area contributed by atoms with Crippen molar-refractivity contribution in [1.29, 1.82) is 0 Å². The second-order valence-corrected chi connectivity index (χ2v) is 5.50. The number of hydrogen-bond acceptors (Lipinski definition) is 3. The minimum absolute atomic E-state index is 0.0190. The van der Waals surface area contributed by atoms with Crippen molar-refractivity contribution in [1.82, 2.24) is 0 Å². The summed E-state index contributed by atoms with van der Waals surface area (Å²) in [5.74, 6) is -1.29. The van der Waals surface area contributed by atoms with Crippen LogP contribution in [0.4, 0.5) is 24.5 Å². The number of halogens is 3. The minimum atomic E-state index is -4.17. The van der Waals surface area contributed by atoms with E-state index in [-0.39, 0.29) is 24.6 Å². The summed E-state index contributed by atoms with van der Waals surface area (Å²) >= 11 is 0. The van der Waals surface area contributed by atoms with Gasteiger partial charge in [0, 0.05) is 23.4 Å². The van der Waals surface area contributed by atoms with Crippen molar-refractivity contribution in [2.75, 3.05) is 5.32 Å². The summed E-state index contributed by atoms with van der Waals surface area (Å²) in [4.78, 5) is 10.4. The first-order chi connectivity index (χ1) is 9.77. The van der Waals surface area contributed by atoms with E-state index in [1.54, 1.807) is 19.1 Å². The number of aryl methyl sites for hydroxylation is 1. The number of anilines is 1. The number of alkyl halides is 3. The first-order valence-corrected chi connectivity index (χ1v) is 6.85. The van der Waals surface area contributed by atoms with Crippen LogP contribution in [0.25, 0.3) is 0 Å². The molecule has 0 radical (unpaired) electrons. The zero-order valence-corrected chi connectivity index (χ0v) is 11.6. The van der Waals surface area contributed by atoms with Crippen LogP contribution in [0.3, 0.4) is 0 Å². The molecule has 0 bridgehead atoms. The van der Waals surface area contributed by atoms with Crippen molar-refractivity contribution >= 4 is 11.4 Å². The zero-order chi connectivity index (χ0) is 15.6. The Morgan fingerprint density at radius 3 is 2.67 bits per heavy atom. The van der Waals surface area contributed by atoms with Gasteiger partial charge in [-0.1, -0.05) is 12.5 Å². The average molecular weight is 302 g/mol. The Kier molecular flexibility index (Phi) is 4.39. The molecule has 1 aromatic rings. The summed E-state index contributed by atoms with van der Waals surface area (Å²) < 4.78 is 38.3. The Bertz CT molecular complexity index is 531. The zero-order valence-electron chi connectivity index (χ0n) is 11.6. The van der Waals surface area contributed by atoms with Crippen LogP contribution in [0.1, 0.15) is 31.2 Å². The van der Waals surface area contributed by atoms with Crippen LogP contribution >= 0.6 is 0 Å². The van der Waals surface area contributed by atoms with E-state index in [1.165, 1.54) is 6.07 Å². The largest absolute Gasteiger partial charge is 0.391 e. The maximum atomic E-state index is 12.8. The lowest BCUT2D eigenvalue weighted by Gasteiger charge is -2.31. The van der Waals surface area contributed by atoms with Crippen LogP contribution in [0, 0.1) is 23.0 Å². The fraction of sp³-hybridized carbons (Fsp3) is 0.571. The predicted molar refractivity (Wildman–Crippen MR) is 73.3 cm³/mol. The maximum Gasteiger partial charge on any atom is 0.391 e. The van der Waals surface area contributed by atoms with E-state index >= 15 is 0 Å². The standard InChI is InChI=1S/C14H17F3N2O2/c1-9-5-6-12(8-13(9)19(20)21)18-11-4-2-3-10(7-11)14(15,16)17/h5-6,8,10-11,18H,2-4,7H2,1H3.